The number of halogens is 3. The Kier molecular flexibility index (Phi) is 6.75. The zero-order chi connectivity index (χ0) is 16.9. The van der Waals surface area contributed by atoms with Gasteiger partial charge in [-0.2, -0.15) is 34.3 Å². The molecule has 0 aromatic heterocycles. The molecule has 0 atom stereocenters. The number of alkyl halides is 3. The minimum absolute atomic E-state index is 0.369. The maximum absolute atomic E-state index is 12.0. The Balaban J connectivity index is 4.58. The molecule has 0 aliphatic carbocycles. The van der Waals surface area contributed by atoms with Crippen LogP contribution in [0.3, 0.4) is 0 Å². The van der Waals surface area contributed by atoms with Crippen LogP contribution < -0.4 is 0 Å². The summed E-state index contributed by atoms with van der Waals surface area (Å²) in [4.78, 5) is 10.6. The molecule has 0 heterocycles. The third kappa shape index (κ3) is 6.38. The molecule has 0 aromatic carbocycles. The molecule has 0 spiro atoms. The van der Waals surface area contributed by atoms with E-state index >= 15 is 0 Å². The fourth-order valence-corrected chi connectivity index (χ4v) is 1.96. The first-order valence-corrected chi connectivity index (χ1v) is 7.54. The third-order valence-electron chi connectivity index (χ3n) is 1.53. The molecule has 0 aromatic rings. The summed E-state index contributed by atoms with van der Waals surface area (Å²) in [6.07, 6.45) is 0.777. The number of hydrogen-bond acceptors (Lipinski definition) is 8. The average Bonchev–Trinajstić information content (AvgIpc) is 2.32. The van der Waals surface area contributed by atoms with Crippen LogP contribution in [0.4, 0.5) is 13.2 Å². The van der Waals surface area contributed by atoms with Gasteiger partial charge >= 0.3 is 31.9 Å². The van der Waals surface area contributed by atoms with E-state index in [2.05, 4.69) is 19.8 Å². The van der Waals surface area contributed by atoms with Crippen molar-refractivity contribution in [2.75, 3.05) is 20.3 Å². The lowest BCUT2D eigenvalue weighted by atomic mass is 10.6. The van der Waals surface area contributed by atoms with E-state index in [1.807, 2.05) is 0 Å². The second-order valence-electron chi connectivity index (χ2n) is 3.04. The SMILES string of the molecule is C=CC(=O)OCCOS(=O)(=O)N(C)OS(=O)(=O)C(F)(F)F. The molecular weight excluding hydrogens is 347 g/mol. The molecule has 0 saturated heterocycles. The second kappa shape index (κ2) is 7.17. The van der Waals surface area contributed by atoms with Crippen molar-refractivity contribution in [1.29, 1.82) is 0 Å². The Hall–Kier alpha value is -1.22. The summed E-state index contributed by atoms with van der Waals surface area (Å²) in [5, 5.41) is 0. The highest BCUT2D eigenvalue weighted by molar-refractivity contribution is 7.88. The van der Waals surface area contributed by atoms with Gasteiger partial charge in [0.05, 0.1) is 0 Å². The number of carbonyl (C=O) groups excluding carboxylic acids is 1. The summed E-state index contributed by atoms with van der Waals surface area (Å²) in [6.45, 7) is 1.70. The number of rotatable bonds is 8. The normalized spacial score (nSPS) is 13.2. The summed E-state index contributed by atoms with van der Waals surface area (Å²) in [6, 6.07) is 0. The van der Waals surface area contributed by atoms with Crippen LogP contribution in [0.15, 0.2) is 12.7 Å². The molecule has 0 fully saturated rings. The van der Waals surface area contributed by atoms with E-state index < -0.39 is 49.6 Å². The van der Waals surface area contributed by atoms with E-state index in [1.165, 1.54) is 0 Å². The van der Waals surface area contributed by atoms with Crippen molar-refractivity contribution in [3.8, 4) is 0 Å². The van der Waals surface area contributed by atoms with Crippen molar-refractivity contribution >= 4 is 26.4 Å². The van der Waals surface area contributed by atoms with E-state index in [9.17, 15) is 34.8 Å². The largest absolute Gasteiger partial charge is 0.524 e. The maximum atomic E-state index is 12.0. The van der Waals surface area contributed by atoms with Gasteiger partial charge in [0.1, 0.15) is 13.2 Å². The van der Waals surface area contributed by atoms with Crippen molar-refractivity contribution in [1.82, 2.24) is 4.47 Å². The quantitative estimate of drug-likeness (QED) is 0.191. The lowest BCUT2D eigenvalue weighted by molar-refractivity contribution is -0.138. The molecule has 0 amide bonds. The van der Waals surface area contributed by atoms with Crippen LogP contribution in [-0.4, -0.2) is 53.0 Å². The van der Waals surface area contributed by atoms with Crippen molar-refractivity contribution in [3.05, 3.63) is 12.7 Å². The van der Waals surface area contributed by atoms with Crippen molar-refractivity contribution < 1.29 is 48.0 Å². The highest BCUT2D eigenvalue weighted by Crippen LogP contribution is 2.25. The lowest BCUT2D eigenvalue weighted by Crippen LogP contribution is -2.37. The van der Waals surface area contributed by atoms with Crippen LogP contribution in [0.2, 0.25) is 0 Å². The molecule has 0 radical (unpaired) electrons. The van der Waals surface area contributed by atoms with Gasteiger partial charge in [0.25, 0.3) is 0 Å². The minimum atomic E-state index is -6.16. The number of hydrogen-bond donors (Lipinski definition) is 0. The van der Waals surface area contributed by atoms with Crippen LogP contribution in [0.1, 0.15) is 0 Å². The Morgan fingerprint density at radius 3 is 2.19 bits per heavy atom. The Morgan fingerprint density at radius 1 is 1.24 bits per heavy atom. The molecule has 0 unspecified atom stereocenters. The molecule has 14 heteroatoms. The number of esters is 1. The van der Waals surface area contributed by atoms with Gasteiger partial charge in [-0.25, -0.2) is 4.79 Å². The minimum Gasteiger partial charge on any atom is -0.460 e. The monoisotopic (exact) mass is 357 g/mol. The number of nitrogens with zero attached hydrogens (tertiary/aromatic N) is 1. The first kappa shape index (κ1) is 19.8. The van der Waals surface area contributed by atoms with Crippen LogP contribution in [0, 0.1) is 0 Å². The molecule has 21 heavy (non-hydrogen) atoms. The summed E-state index contributed by atoms with van der Waals surface area (Å²) < 4.78 is 90.6. The van der Waals surface area contributed by atoms with Gasteiger partial charge in [0.2, 0.25) is 0 Å². The summed E-state index contributed by atoms with van der Waals surface area (Å²) >= 11 is 0. The summed E-state index contributed by atoms with van der Waals surface area (Å²) in [7, 11) is -10.7. The highest BCUT2D eigenvalue weighted by atomic mass is 32.2. The van der Waals surface area contributed by atoms with E-state index in [0.717, 1.165) is 6.08 Å². The van der Waals surface area contributed by atoms with E-state index in [1.54, 1.807) is 0 Å². The van der Waals surface area contributed by atoms with Gasteiger partial charge in [0.15, 0.2) is 0 Å². The molecule has 0 aliphatic heterocycles. The van der Waals surface area contributed by atoms with Gasteiger partial charge in [-0.15, -0.1) is 0 Å². The average molecular weight is 357 g/mol. The summed E-state index contributed by atoms with van der Waals surface area (Å²) in [5.41, 5.74) is -5.81. The van der Waals surface area contributed by atoms with Crippen LogP contribution >= 0.6 is 0 Å². The smallest absolute Gasteiger partial charge is 0.460 e. The molecule has 0 bridgehead atoms. The predicted octanol–water partition coefficient (Wildman–Crippen LogP) is -0.310. The van der Waals surface area contributed by atoms with Crippen LogP contribution in [0.25, 0.3) is 0 Å². The second-order valence-corrected chi connectivity index (χ2v) is 6.16. The third-order valence-corrected chi connectivity index (χ3v) is 3.78. The van der Waals surface area contributed by atoms with Gasteiger partial charge in [0, 0.05) is 13.1 Å². The number of ether oxygens (including phenoxy) is 1. The van der Waals surface area contributed by atoms with Crippen LogP contribution in [-0.2, 0) is 38.4 Å². The van der Waals surface area contributed by atoms with Gasteiger partial charge in [-0.05, 0) is 4.47 Å². The molecule has 0 saturated carbocycles. The van der Waals surface area contributed by atoms with Gasteiger partial charge < -0.3 is 4.74 Å². The first-order valence-electron chi connectivity index (χ1n) is 4.77. The zero-order valence-electron chi connectivity index (χ0n) is 10.4. The topological polar surface area (TPSA) is 116 Å². The Morgan fingerprint density at radius 2 is 1.76 bits per heavy atom. The van der Waals surface area contributed by atoms with Crippen molar-refractivity contribution in [2.45, 2.75) is 5.51 Å². The standard InChI is InChI=1S/C7H10F3NO8S2/c1-3-6(12)17-4-5-18-21(15,16)11(2)19-20(13,14)7(8,9)10/h3H,1,4-5H2,2H3. The van der Waals surface area contributed by atoms with Gasteiger partial charge in [-0.1, -0.05) is 6.58 Å². The molecule has 9 nitrogen and oxygen atoms in total. The van der Waals surface area contributed by atoms with Crippen molar-refractivity contribution in [2.24, 2.45) is 0 Å². The van der Waals surface area contributed by atoms with E-state index in [0.29, 0.717) is 7.05 Å². The first-order chi connectivity index (χ1) is 9.33. The molecule has 124 valence electrons. The fraction of sp³-hybridized carbons (Fsp3) is 0.571. The van der Waals surface area contributed by atoms with Gasteiger partial charge in [-0.3, -0.25) is 4.18 Å². The Labute approximate surface area is 118 Å². The molecule has 0 aliphatic rings. The Bertz CT molecular complexity index is 581. The van der Waals surface area contributed by atoms with E-state index in [-0.39, 0.29) is 0 Å². The van der Waals surface area contributed by atoms with Crippen molar-refractivity contribution in [3.63, 3.8) is 0 Å². The van der Waals surface area contributed by atoms with E-state index in [4.69, 9.17) is 0 Å². The van der Waals surface area contributed by atoms with Crippen LogP contribution in [0.5, 0.6) is 0 Å². The lowest BCUT2D eigenvalue weighted by Gasteiger charge is -2.16. The predicted molar refractivity (Wildman–Crippen MR) is 59.9 cm³/mol. The molecular formula is C7H10F3NO8S2. The fourth-order valence-electron chi connectivity index (χ4n) is 0.632. The molecule has 0 N–H and O–H groups in total. The molecule has 0 rings (SSSR count). The summed E-state index contributed by atoms with van der Waals surface area (Å²) in [5.74, 6) is -0.889. The maximum Gasteiger partial charge on any atom is 0.524 e. The number of hydroxylamine groups is 1. The number of carbonyl (C=O) groups is 1. The zero-order valence-corrected chi connectivity index (χ0v) is 12.0. The highest BCUT2D eigenvalue weighted by Gasteiger charge is 2.49.